The summed E-state index contributed by atoms with van der Waals surface area (Å²) in [6, 6.07) is 6.49. The summed E-state index contributed by atoms with van der Waals surface area (Å²) >= 11 is 0. The molecule has 5 heteroatoms. The number of benzene rings is 1. The van der Waals surface area contributed by atoms with Crippen LogP contribution in [0, 0.1) is 17.8 Å². The number of rotatable bonds is 5. The Hall–Kier alpha value is -1.35. The predicted molar refractivity (Wildman–Crippen MR) is 79.7 cm³/mol. The SMILES string of the molecule is CC(C)CN(C)S(=O)(=O)c1ccc(C#CCCO)cc1. The van der Waals surface area contributed by atoms with Gasteiger partial charge in [0.05, 0.1) is 11.5 Å². The fourth-order valence-electron chi connectivity index (χ4n) is 1.72. The first-order chi connectivity index (χ1) is 9.37. The first-order valence-electron chi connectivity index (χ1n) is 6.54. The number of aliphatic hydroxyl groups excluding tert-OH is 1. The highest BCUT2D eigenvalue weighted by Gasteiger charge is 2.20. The molecule has 20 heavy (non-hydrogen) atoms. The van der Waals surface area contributed by atoms with Crippen molar-refractivity contribution in [1.82, 2.24) is 4.31 Å². The molecular formula is C15H21NO3S. The summed E-state index contributed by atoms with van der Waals surface area (Å²) in [7, 11) is -1.84. The van der Waals surface area contributed by atoms with Crippen LogP contribution in [0.1, 0.15) is 25.8 Å². The van der Waals surface area contributed by atoms with E-state index < -0.39 is 10.0 Å². The van der Waals surface area contributed by atoms with Crippen molar-refractivity contribution in [3.63, 3.8) is 0 Å². The van der Waals surface area contributed by atoms with Crippen molar-refractivity contribution in [3.05, 3.63) is 29.8 Å². The summed E-state index contributed by atoms with van der Waals surface area (Å²) < 4.78 is 26.0. The van der Waals surface area contributed by atoms with Crippen LogP contribution in [0.15, 0.2) is 29.2 Å². The van der Waals surface area contributed by atoms with Crippen LogP contribution in [0.2, 0.25) is 0 Å². The van der Waals surface area contributed by atoms with Crippen LogP contribution >= 0.6 is 0 Å². The van der Waals surface area contributed by atoms with Crippen molar-refractivity contribution in [3.8, 4) is 11.8 Å². The largest absolute Gasteiger partial charge is 0.395 e. The molecule has 0 aliphatic rings. The Morgan fingerprint density at radius 3 is 2.35 bits per heavy atom. The number of hydrogen-bond donors (Lipinski definition) is 1. The standard InChI is InChI=1S/C15H21NO3S/c1-13(2)12-16(3)20(18,19)15-9-7-14(8-10-15)6-4-5-11-17/h7-10,13,17H,5,11-12H2,1-3H3. The zero-order valence-electron chi connectivity index (χ0n) is 12.1. The van der Waals surface area contributed by atoms with E-state index in [0.29, 0.717) is 13.0 Å². The second-order valence-corrected chi connectivity index (χ2v) is 7.02. The Bertz CT molecular complexity index is 580. The highest BCUT2D eigenvalue weighted by atomic mass is 32.2. The predicted octanol–water partition coefficient (Wildman–Crippen LogP) is 1.70. The molecule has 0 unspecified atom stereocenters. The second kappa shape index (κ2) is 7.44. The average Bonchev–Trinajstić information content (AvgIpc) is 2.39. The Labute approximate surface area is 121 Å². The molecule has 1 aromatic carbocycles. The molecule has 0 saturated carbocycles. The molecule has 110 valence electrons. The van der Waals surface area contributed by atoms with E-state index in [1.165, 1.54) is 4.31 Å². The minimum atomic E-state index is -3.43. The molecule has 0 heterocycles. The Kier molecular flexibility index (Phi) is 6.21. The molecule has 0 spiro atoms. The van der Waals surface area contributed by atoms with Gasteiger partial charge in [-0.2, -0.15) is 0 Å². The van der Waals surface area contributed by atoms with Crippen LogP contribution in [0.3, 0.4) is 0 Å². The average molecular weight is 295 g/mol. The molecule has 4 nitrogen and oxygen atoms in total. The Balaban J connectivity index is 2.90. The van der Waals surface area contributed by atoms with Gasteiger partial charge in [-0.25, -0.2) is 12.7 Å². The zero-order valence-corrected chi connectivity index (χ0v) is 12.9. The first kappa shape index (κ1) is 16.7. The third-order valence-corrected chi connectivity index (χ3v) is 4.49. The van der Waals surface area contributed by atoms with Crippen molar-refractivity contribution in [2.45, 2.75) is 25.2 Å². The normalized spacial score (nSPS) is 11.5. The molecule has 0 aromatic heterocycles. The van der Waals surface area contributed by atoms with Gasteiger partial charge >= 0.3 is 0 Å². The number of aliphatic hydroxyl groups is 1. The molecule has 0 aliphatic carbocycles. The van der Waals surface area contributed by atoms with E-state index in [0.717, 1.165) is 5.56 Å². The van der Waals surface area contributed by atoms with E-state index in [9.17, 15) is 8.42 Å². The lowest BCUT2D eigenvalue weighted by Gasteiger charge is -2.19. The van der Waals surface area contributed by atoms with E-state index in [1.54, 1.807) is 31.3 Å². The first-order valence-corrected chi connectivity index (χ1v) is 7.98. The maximum Gasteiger partial charge on any atom is 0.242 e. The molecule has 1 N–H and O–H groups in total. The molecule has 0 radical (unpaired) electrons. The highest BCUT2D eigenvalue weighted by Crippen LogP contribution is 2.16. The third kappa shape index (κ3) is 4.64. The van der Waals surface area contributed by atoms with Crippen LogP contribution in [-0.4, -0.2) is 38.0 Å². The maximum absolute atomic E-state index is 12.3. The quantitative estimate of drug-likeness (QED) is 0.841. The van der Waals surface area contributed by atoms with Gasteiger partial charge in [-0.15, -0.1) is 0 Å². The Morgan fingerprint density at radius 2 is 1.85 bits per heavy atom. The zero-order chi connectivity index (χ0) is 15.2. The lowest BCUT2D eigenvalue weighted by molar-refractivity contribution is 0.305. The van der Waals surface area contributed by atoms with Gasteiger partial charge in [-0.1, -0.05) is 25.7 Å². The van der Waals surface area contributed by atoms with Gasteiger partial charge in [0, 0.05) is 25.6 Å². The third-order valence-electron chi connectivity index (χ3n) is 2.65. The lowest BCUT2D eigenvalue weighted by Crippen LogP contribution is -2.30. The lowest BCUT2D eigenvalue weighted by atomic mass is 10.2. The maximum atomic E-state index is 12.3. The van der Waals surface area contributed by atoms with Crippen molar-refractivity contribution < 1.29 is 13.5 Å². The topological polar surface area (TPSA) is 57.6 Å². The molecule has 0 atom stereocenters. The van der Waals surface area contributed by atoms with Crippen LogP contribution in [0.25, 0.3) is 0 Å². The summed E-state index contributed by atoms with van der Waals surface area (Å²) in [5.41, 5.74) is 0.740. The van der Waals surface area contributed by atoms with E-state index in [1.807, 2.05) is 13.8 Å². The Morgan fingerprint density at radius 1 is 1.25 bits per heavy atom. The summed E-state index contributed by atoms with van der Waals surface area (Å²) in [6.45, 7) is 4.47. The van der Waals surface area contributed by atoms with Gasteiger partial charge < -0.3 is 5.11 Å². The molecule has 1 rings (SSSR count). The van der Waals surface area contributed by atoms with Gasteiger partial charge in [-0.05, 0) is 30.2 Å². The molecule has 0 aliphatic heterocycles. The minimum absolute atomic E-state index is 0.0272. The molecule has 1 aromatic rings. The van der Waals surface area contributed by atoms with Gasteiger partial charge in [0.25, 0.3) is 0 Å². The molecule has 0 saturated heterocycles. The van der Waals surface area contributed by atoms with E-state index in [4.69, 9.17) is 5.11 Å². The van der Waals surface area contributed by atoms with Gasteiger partial charge in [0.1, 0.15) is 0 Å². The van der Waals surface area contributed by atoms with E-state index in [-0.39, 0.29) is 17.4 Å². The van der Waals surface area contributed by atoms with Gasteiger partial charge in [0.2, 0.25) is 10.0 Å². The van der Waals surface area contributed by atoms with E-state index >= 15 is 0 Å². The second-order valence-electron chi connectivity index (χ2n) is 4.98. The summed E-state index contributed by atoms with van der Waals surface area (Å²) in [4.78, 5) is 0.272. The highest BCUT2D eigenvalue weighted by molar-refractivity contribution is 7.89. The summed E-state index contributed by atoms with van der Waals surface area (Å²) in [6.07, 6.45) is 0.414. The van der Waals surface area contributed by atoms with Gasteiger partial charge in [0.15, 0.2) is 0 Å². The summed E-state index contributed by atoms with van der Waals surface area (Å²) in [5.74, 6) is 5.94. The van der Waals surface area contributed by atoms with Crippen molar-refractivity contribution >= 4 is 10.0 Å². The minimum Gasteiger partial charge on any atom is -0.395 e. The summed E-state index contributed by atoms with van der Waals surface area (Å²) in [5, 5.41) is 8.64. The smallest absolute Gasteiger partial charge is 0.242 e. The van der Waals surface area contributed by atoms with E-state index in [2.05, 4.69) is 11.8 Å². The fraction of sp³-hybridized carbons (Fsp3) is 0.467. The molecule has 0 fully saturated rings. The fourth-order valence-corrected chi connectivity index (χ4v) is 3.06. The van der Waals surface area contributed by atoms with Gasteiger partial charge in [-0.3, -0.25) is 0 Å². The number of sulfonamides is 1. The van der Waals surface area contributed by atoms with Crippen LogP contribution in [0.5, 0.6) is 0 Å². The van der Waals surface area contributed by atoms with Crippen molar-refractivity contribution in [2.24, 2.45) is 5.92 Å². The van der Waals surface area contributed by atoms with Crippen LogP contribution in [0.4, 0.5) is 0 Å². The molecule has 0 amide bonds. The molecule has 0 bridgehead atoms. The van der Waals surface area contributed by atoms with Crippen LogP contribution < -0.4 is 0 Å². The molecular weight excluding hydrogens is 274 g/mol. The monoisotopic (exact) mass is 295 g/mol. The number of nitrogens with zero attached hydrogens (tertiary/aromatic N) is 1. The van der Waals surface area contributed by atoms with Crippen molar-refractivity contribution in [1.29, 1.82) is 0 Å². The van der Waals surface area contributed by atoms with Crippen molar-refractivity contribution in [2.75, 3.05) is 20.2 Å². The number of hydrogen-bond acceptors (Lipinski definition) is 3. The van der Waals surface area contributed by atoms with Crippen LogP contribution in [-0.2, 0) is 10.0 Å².